The van der Waals surface area contributed by atoms with Gasteiger partial charge in [-0.1, -0.05) is 25.7 Å². The van der Waals surface area contributed by atoms with Gasteiger partial charge in [0.05, 0.1) is 10.4 Å². The van der Waals surface area contributed by atoms with Crippen molar-refractivity contribution in [1.29, 1.82) is 0 Å². The van der Waals surface area contributed by atoms with Crippen LogP contribution in [0.5, 0.6) is 0 Å². The molecule has 16 heavy (non-hydrogen) atoms. The van der Waals surface area contributed by atoms with Crippen LogP contribution in [0, 0.1) is 5.41 Å². The van der Waals surface area contributed by atoms with E-state index in [1.165, 1.54) is 12.8 Å². The van der Waals surface area contributed by atoms with Crippen molar-refractivity contribution in [2.24, 2.45) is 5.41 Å². The summed E-state index contributed by atoms with van der Waals surface area (Å²) in [6.45, 7) is 0. The van der Waals surface area contributed by atoms with E-state index in [-0.39, 0.29) is 0 Å². The molecule has 0 amide bonds. The van der Waals surface area contributed by atoms with Crippen molar-refractivity contribution in [1.82, 2.24) is 4.98 Å². The Hall–Kier alpha value is -0.900. The highest BCUT2D eigenvalue weighted by atomic mass is 32.1. The Morgan fingerprint density at radius 3 is 2.56 bits per heavy atom. The smallest absolute Gasteiger partial charge is 0.310 e. The first-order valence-electron chi connectivity index (χ1n) is 5.85. The second-order valence-corrected chi connectivity index (χ2v) is 5.58. The molecule has 0 spiro atoms. The summed E-state index contributed by atoms with van der Waals surface area (Å²) in [5.41, 5.74) is -0.547. The number of carbonyl (C=O) groups is 1. The van der Waals surface area contributed by atoms with Crippen LogP contribution in [0.1, 0.15) is 43.5 Å². The van der Waals surface area contributed by atoms with E-state index in [9.17, 15) is 9.90 Å². The molecule has 0 bridgehead atoms. The Kier molecular flexibility index (Phi) is 3.59. The Labute approximate surface area is 99.5 Å². The molecule has 0 radical (unpaired) electrons. The standard InChI is InChI=1S/C12H17NO2S/c14-11(15)12(5-3-1-2-4-6-12)9-10-13-7-8-16-10/h7-8H,1-6,9H2,(H,14,15). The van der Waals surface area contributed by atoms with Crippen LogP contribution in [-0.4, -0.2) is 16.1 Å². The van der Waals surface area contributed by atoms with Crippen LogP contribution in [0.15, 0.2) is 11.6 Å². The Morgan fingerprint density at radius 1 is 1.38 bits per heavy atom. The fourth-order valence-electron chi connectivity index (χ4n) is 2.50. The number of thiazole rings is 1. The maximum Gasteiger partial charge on any atom is 0.310 e. The Balaban J connectivity index is 2.17. The number of rotatable bonds is 3. The van der Waals surface area contributed by atoms with E-state index < -0.39 is 11.4 Å². The molecule has 0 atom stereocenters. The Morgan fingerprint density at radius 2 is 2.06 bits per heavy atom. The van der Waals surface area contributed by atoms with Crippen molar-refractivity contribution in [3.63, 3.8) is 0 Å². The first-order valence-corrected chi connectivity index (χ1v) is 6.73. The van der Waals surface area contributed by atoms with E-state index in [0.29, 0.717) is 6.42 Å². The van der Waals surface area contributed by atoms with E-state index in [1.807, 2.05) is 5.38 Å². The van der Waals surface area contributed by atoms with Crippen molar-refractivity contribution in [3.8, 4) is 0 Å². The van der Waals surface area contributed by atoms with Crippen LogP contribution in [-0.2, 0) is 11.2 Å². The molecule has 3 nitrogen and oxygen atoms in total. The molecule has 0 aliphatic heterocycles. The van der Waals surface area contributed by atoms with Crippen LogP contribution in [0.4, 0.5) is 0 Å². The summed E-state index contributed by atoms with van der Waals surface area (Å²) in [6, 6.07) is 0. The minimum absolute atomic E-state index is 0.547. The summed E-state index contributed by atoms with van der Waals surface area (Å²) in [5, 5.41) is 12.4. The molecular weight excluding hydrogens is 222 g/mol. The molecule has 0 aromatic carbocycles. The van der Waals surface area contributed by atoms with E-state index in [2.05, 4.69) is 4.98 Å². The van der Waals surface area contributed by atoms with Crippen LogP contribution < -0.4 is 0 Å². The van der Waals surface area contributed by atoms with Gasteiger partial charge in [-0.2, -0.15) is 0 Å². The highest BCUT2D eigenvalue weighted by molar-refractivity contribution is 7.09. The number of hydrogen-bond acceptors (Lipinski definition) is 3. The zero-order chi connectivity index (χ0) is 11.4. The van der Waals surface area contributed by atoms with Crippen molar-refractivity contribution >= 4 is 17.3 Å². The maximum absolute atomic E-state index is 11.5. The third-order valence-electron chi connectivity index (χ3n) is 3.49. The van der Waals surface area contributed by atoms with Gasteiger partial charge in [0.2, 0.25) is 0 Å². The predicted molar refractivity (Wildman–Crippen MR) is 63.6 cm³/mol. The van der Waals surface area contributed by atoms with Gasteiger partial charge in [0.1, 0.15) is 0 Å². The van der Waals surface area contributed by atoms with Crippen molar-refractivity contribution in [2.45, 2.75) is 44.9 Å². The Bertz CT molecular complexity index is 340. The molecule has 1 aromatic heterocycles. The molecule has 0 saturated heterocycles. The summed E-state index contributed by atoms with van der Waals surface area (Å²) in [7, 11) is 0. The zero-order valence-electron chi connectivity index (χ0n) is 9.32. The van der Waals surface area contributed by atoms with Gasteiger partial charge in [0.25, 0.3) is 0 Å². The third kappa shape index (κ3) is 2.43. The fourth-order valence-corrected chi connectivity index (χ4v) is 3.26. The molecule has 4 heteroatoms. The maximum atomic E-state index is 11.5. The van der Waals surface area contributed by atoms with Crippen molar-refractivity contribution in [3.05, 3.63) is 16.6 Å². The number of aromatic nitrogens is 1. The van der Waals surface area contributed by atoms with Gasteiger partial charge in [0, 0.05) is 18.0 Å². The highest BCUT2D eigenvalue weighted by Crippen LogP contribution is 2.38. The van der Waals surface area contributed by atoms with E-state index in [0.717, 1.165) is 30.7 Å². The average molecular weight is 239 g/mol. The number of carboxylic acid groups (broad SMARTS) is 1. The molecule has 2 rings (SSSR count). The topological polar surface area (TPSA) is 50.2 Å². The quantitative estimate of drug-likeness (QED) is 0.824. The van der Waals surface area contributed by atoms with Gasteiger partial charge >= 0.3 is 5.97 Å². The molecule has 1 fully saturated rings. The number of hydrogen-bond donors (Lipinski definition) is 1. The van der Waals surface area contributed by atoms with Gasteiger partial charge in [-0.15, -0.1) is 11.3 Å². The second-order valence-electron chi connectivity index (χ2n) is 4.60. The monoisotopic (exact) mass is 239 g/mol. The van der Waals surface area contributed by atoms with Gasteiger partial charge in [0.15, 0.2) is 0 Å². The van der Waals surface area contributed by atoms with Crippen LogP contribution >= 0.6 is 11.3 Å². The van der Waals surface area contributed by atoms with Crippen LogP contribution in [0.3, 0.4) is 0 Å². The average Bonchev–Trinajstić information content (AvgIpc) is 2.62. The first-order chi connectivity index (χ1) is 7.73. The molecule has 0 unspecified atom stereocenters. The molecule has 1 saturated carbocycles. The molecular formula is C12H17NO2S. The number of aliphatic carboxylic acids is 1. The first kappa shape index (κ1) is 11.6. The van der Waals surface area contributed by atoms with E-state index in [1.54, 1.807) is 17.5 Å². The number of nitrogens with zero attached hydrogens (tertiary/aromatic N) is 1. The summed E-state index contributed by atoms with van der Waals surface area (Å²) in [5.74, 6) is -0.635. The number of carboxylic acids is 1. The van der Waals surface area contributed by atoms with Gasteiger partial charge in [-0.25, -0.2) is 4.98 Å². The molecule has 1 aliphatic carbocycles. The van der Waals surface area contributed by atoms with Crippen molar-refractivity contribution in [2.75, 3.05) is 0 Å². The highest BCUT2D eigenvalue weighted by Gasteiger charge is 2.39. The summed E-state index contributed by atoms with van der Waals surface area (Å²) >= 11 is 1.56. The van der Waals surface area contributed by atoms with Crippen molar-refractivity contribution < 1.29 is 9.90 Å². The SMILES string of the molecule is O=C(O)C1(Cc2nccs2)CCCCCC1. The lowest BCUT2D eigenvalue weighted by Gasteiger charge is -2.26. The molecule has 88 valence electrons. The summed E-state index contributed by atoms with van der Waals surface area (Å²) in [6.07, 6.45) is 8.41. The van der Waals surface area contributed by atoms with E-state index >= 15 is 0 Å². The fraction of sp³-hybridized carbons (Fsp3) is 0.667. The molecule has 1 aliphatic rings. The predicted octanol–water partition coefficient (Wildman–Crippen LogP) is 3.11. The van der Waals surface area contributed by atoms with E-state index in [4.69, 9.17) is 0 Å². The van der Waals surface area contributed by atoms with Crippen LogP contribution in [0.25, 0.3) is 0 Å². The molecule has 1 heterocycles. The molecule has 1 aromatic rings. The second kappa shape index (κ2) is 4.95. The lowest BCUT2D eigenvalue weighted by Crippen LogP contribution is -2.32. The zero-order valence-corrected chi connectivity index (χ0v) is 10.1. The summed E-state index contributed by atoms with van der Waals surface area (Å²) < 4.78 is 0. The normalized spacial score (nSPS) is 20.2. The third-order valence-corrected chi connectivity index (χ3v) is 4.27. The van der Waals surface area contributed by atoms with Gasteiger partial charge < -0.3 is 5.11 Å². The molecule has 1 N–H and O–H groups in total. The minimum Gasteiger partial charge on any atom is -0.481 e. The van der Waals surface area contributed by atoms with Gasteiger partial charge in [-0.05, 0) is 12.8 Å². The lowest BCUT2D eigenvalue weighted by atomic mass is 9.78. The summed E-state index contributed by atoms with van der Waals surface area (Å²) in [4.78, 5) is 15.8. The lowest BCUT2D eigenvalue weighted by molar-refractivity contribution is -0.149. The van der Waals surface area contributed by atoms with Gasteiger partial charge in [-0.3, -0.25) is 4.79 Å². The minimum atomic E-state index is -0.635. The largest absolute Gasteiger partial charge is 0.481 e. The van der Waals surface area contributed by atoms with Crippen LogP contribution in [0.2, 0.25) is 0 Å².